The second kappa shape index (κ2) is 2.81. The van der Waals surface area contributed by atoms with Crippen LogP contribution in [0.5, 0.6) is 0 Å². The van der Waals surface area contributed by atoms with E-state index in [0.29, 0.717) is 0 Å². The molecule has 1 aliphatic heterocycles. The van der Waals surface area contributed by atoms with E-state index in [4.69, 9.17) is 4.55 Å². The van der Waals surface area contributed by atoms with Crippen LogP contribution >= 0.6 is 0 Å². The van der Waals surface area contributed by atoms with E-state index in [1.165, 1.54) is 0 Å². The van der Waals surface area contributed by atoms with Gasteiger partial charge in [-0.1, -0.05) is 0 Å². The Morgan fingerprint density at radius 1 is 1.50 bits per heavy atom. The molecular weight excluding hydrogens is 190 g/mol. The van der Waals surface area contributed by atoms with Crippen LogP contribution in [0.2, 0.25) is 0 Å². The summed E-state index contributed by atoms with van der Waals surface area (Å²) in [6.45, 7) is 0. The third kappa shape index (κ3) is 2.26. The summed E-state index contributed by atoms with van der Waals surface area (Å²) in [7, 11) is -4.68. The van der Waals surface area contributed by atoms with Crippen molar-refractivity contribution in [3.05, 3.63) is 0 Å². The molecule has 1 fully saturated rings. The van der Waals surface area contributed by atoms with Crippen molar-refractivity contribution in [1.29, 1.82) is 0 Å². The van der Waals surface area contributed by atoms with E-state index in [1.807, 2.05) is 5.32 Å². The highest BCUT2D eigenvalue weighted by Gasteiger charge is 2.34. The lowest BCUT2D eigenvalue weighted by Gasteiger charge is -2.02. The highest BCUT2D eigenvalue weighted by Crippen LogP contribution is 2.08. The Morgan fingerprint density at radius 2 is 2.08 bits per heavy atom. The Kier molecular flexibility index (Phi) is 2.13. The molecule has 1 unspecified atom stereocenters. The van der Waals surface area contributed by atoms with Gasteiger partial charge in [-0.2, -0.15) is 8.42 Å². The fraction of sp³-hybridized carbons (Fsp3) is 0.500. The number of hydrogen-bond acceptors (Lipinski definition) is 5. The van der Waals surface area contributed by atoms with Gasteiger partial charge in [0, 0.05) is 0 Å². The molecule has 2 N–H and O–H groups in total. The van der Waals surface area contributed by atoms with Crippen LogP contribution in [0.4, 0.5) is 0 Å². The lowest BCUT2D eigenvalue weighted by atomic mass is 10.3. The topological polar surface area (TPSA) is 110 Å². The van der Waals surface area contributed by atoms with Gasteiger partial charge in [0.05, 0.1) is 6.42 Å². The van der Waals surface area contributed by atoms with Crippen molar-refractivity contribution in [2.24, 2.45) is 0 Å². The molecule has 68 valence electrons. The molecule has 1 rings (SSSR count). The molecule has 1 heterocycles. The van der Waals surface area contributed by atoms with Gasteiger partial charge in [-0.25, -0.2) is 4.18 Å². The fourth-order valence-electron chi connectivity index (χ4n) is 0.755. The fourth-order valence-corrected chi connectivity index (χ4v) is 1.20. The van der Waals surface area contributed by atoms with E-state index in [9.17, 15) is 18.0 Å². The first kappa shape index (κ1) is 9.10. The van der Waals surface area contributed by atoms with Gasteiger partial charge in [0.15, 0.2) is 6.10 Å². The zero-order chi connectivity index (χ0) is 9.35. The van der Waals surface area contributed by atoms with Crippen molar-refractivity contribution in [1.82, 2.24) is 5.32 Å². The zero-order valence-electron chi connectivity index (χ0n) is 5.68. The summed E-state index contributed by atoms with van der Waals surface area (Å²) in [6, 6.07) is 0. The average Bonchev–Trinajstić information content (AvgIpc) is 2.06. The number of hydrogen-bond donors (Lipinski definition) is 2. The number of amides is 2. The van der Waals surface area contributed by atoms with E-state index in [2.05, 4.69) is 4.18 Å². The first-order valence-electron chi connectivity index (χ1n) is 2.88. The third-order valence-corrected chi connectivity index (χ3v) is 1.64. The maximum atomic E-state index is 10.6. The summed E-state index contributed by atoms with van der Waals surface area (Å²) in [4.78, 5) is 21.1. The van der Waals surface area contributed by atoms with Gasteiger partial charge in [-0.3, -0.25) is 19.5 Å². The van der Waals surface area contributed by atoms with E-state index in [-0.39, 0.29) is 0 Å². The van der Waals surface area contributed by atoms with Crippen molar-refractivity contribution in [3.63, 3.8) is 0 Å². The Bertz CT molecular complexity index is 318. The molecule has 0 radical (unpaired) electrons. The molecule has 0 aromatic carbocycles. The van der Waals surface area contributed by atoms with Gasteiger partial charge in [0.25, 0.3) is 5.91 Å². The van der Waals surface area contributed by atoms with Crippen LogP contribution in [0.1, 0.15) is 6.42 Å². The zero-order valence-corrected chi connectivity index (χ0v) is 6.50. The minimum atomic E-state index is -4.68. The van der Waals surface area contributed by atoms with Crippen LogP contribution in [-0.4, -0.2) is 30.9 Å². The molecule has 0 saturated carbocycles. The lowest BCUT2D eigenvalue weighted by molar-refractivity contribution is -0.127. The van der Waals surface area contributed by atoms with E-state index >= 15 is 0 Å². The van der Waals surface area contributed by atoms with Crippen molar-refractivity contribution >= 4 is 22.2 Å². The van der Waals surface area contributed by atoms with Crippen LogP contribution in [-0.2, 0) is 24.2 Å². The van der Waals surface area contributed by atoms with Crippen LogP contribution in [0.15, 0.2) is 0 Å². The summed E-state index contributed by atoms with van der Waals surface area (Å²) in [5, 5.41) is 1.81. The Hall–Kier alpha value is -0.990. The van der Waals surface area contributed by atoms with Crippen LogP contribution in [0, 0.1) is 0 Å². The second-order valence-corrected chi connectivity index (χ2v) is 3.18. The SMILES string of the molecule is O=C1CC(OS(=O)(=O)O)C(=O)N1. The van der Waals surface area contributed by atoms with Gasteiger partial charge in [-0.05, 0) is 0 Å². The number of nitrogens with one attached hydrogen (secondary N) is 1. The number of imide groups is 1. The Morgan fingerprint density at radius 3 is 2.42 bits per heavy atom. The predicted octanol–water partition coefficient (Wildman–Crippen LogP) is -1.78. The van der Waals surface area contributed by atoms with Gasteiger partial charge < -0.3 is 0 Å². The largest absolute Gasteiger partial charge is 0.398 e. The highest BCUT2D eigenvalue weighted by atomic mass is 32.3. The smallest absolute Gasteiger partial charge is 0.294 e. The van der Waals surface area contributed by atoms with Gasteiger partial charge >= 0.3 is 10.4 Å². The van der Waals surface area contributed by atoms with E-state index in [0.717, 1.165) is 0 Å². The molecule has 0 aromatic rings. The Balaban J connectivity index is 2.67. The molecule has 0 bridgehead atoms. The minimum absolute atomic E-state index is 0.390. The highest BCUT2D eigenvalue weighted by molar-refractivity contribution is 7.80. The minimum Gasteiger partial charge on any atom is -0.294 e. The van der Waals surface area contributed by atoms with Gasteiger partial charge in [0.2, 0.25) is 5.91 Å². The maximum Gasteiger partial charge on any atom is 0.398 e. The average molecular weight is 195 g/mol. The molecule has 0 spiro atoms. The number of carbonyl (C=O) groups excluding carboxylic acids is 2. The van der Waals surface area contributed by atoms with Crippen LogP contribution in [0.3, 0.4) is 0 Å². The first-order chi connectivity index (χ1) is 5.38. The van der Waals surface area contributed by atoms with Crippen molar-refractivity contribution in [2.75, 3.05) is 0 Å². The summed E-state index contributed by atoms with van der Waals surface area (Å²) in [5.41, 5.74) is 0. The molecule has 12 heavy (non-hydrogen) atoms. The summed E-state index contributed by atoms with van der Waals surface area (Å²) < 4.78 is 32.2. The van der Waals surface area contributed by atoms with Gasteiger partial charge in [0.1, 0.15) is 0 Å². The maximum absolute atomic E-state index is 10.6. The van der Waals surface area contributed by atoms with Crippen LogP contribution in [0.25, 0.3) is 0 Å². The van der Waals surface area contributed by atoms with Crippen LogP contribution < -0.4 is 5.32 Å². The molecular formula is C4H5NO6S. The quantitative estimate of drug-likeness (QED) is 0.398. The Labute approximate surface area is 67.7 Å². The van der Waals surface area contributed by atoms with E-state index < -0.39 is 34.7 Å². The monoisotopic (exact) mass is 195 g/mol. The van der Waals surface area contributed by atoms with Crippen molar-refractivity contribution < 1.29 is 26.7 Å². The molecule has 1 saturated heterocycles. The van der Waals surface area contributed by atoms with Gasteiger partial charge in [-0.15, -0.1) is 0 Å². The normalized spacial score (nSPS) is 24.2. The predicted molar refractivity (Wildman–Crippen MR) is 34.2 cm³/mol. The molecule has 0 aliphatic carbocycles. The standard InChI is InChI=1S/C4H5NO6S/c6-3-1-2(4(7)5-3)11-12(8,9)10/h2H,1H2,(H,5,6,7)(H,8,9,10). The van der Waals surface area contributed by atoms with Crippen molar-refractivity contribution in [2.45, 2.75) is 12.5 Å². The molecule has 8 heteroatoms. The number of carbonyl (C=O) groups is 2. The molecule has 1 atom stereocenters. The number of rotatable bonds is 2. The molecule has 1 aliphatic rings. The summed E-state index contributed by atoms with van der Waals surface area (Å²) in [6.07, 6.45) is -1.83. The summed E-state index contributed by atoms with van der Waals surface area (Å²) >= 11 is 0. The molecule has 7 nitrogen and oxygen atoms in total. The molecule has 0 aromatic heterocycles. The summed E-state index contributed by atoms with van der Waals surface area (Å²) in [5.74, 6) is -1.49. The van der Waals surface area contributed by atoms with E-state index in [1.54, 1.807) is 0 Å². The lowest BCUT2D eigenvalue weighted by Crippen LogP contribution is -2.28. The third-order valence-electron chi connectivity index (χ3n) is 1.16. The first-order valence-corrected chi connectivity index (χ1v) is 4.24. The molecule has 2 amide bonds. The second-order valence-electron chi connectivity index (χ2n) is 2.13. The van der Waals surface area contributed by atoms with Crippen molar-refractivity contribution in [3.8, 4) is 0 Å².